The topological polar surface area (TPSA) is 74.8 Å². The van der Waals surface area contributed by atoms with Crippen molar-refractivity contribution in [1.29, 1.82) is 0 Å². The molecule has 0 amide bonds. The SMILES string of the molecule is CN(C)CCN(c1ccccc1NCCOc1ccc(Cl)cc1)S(=O)(=O)c1cccc2cnccc12. The van der Waals surface area contributed by atoms with E-state index in [1.165, 1.54) is 4.31 Å². The first-order chi connectivity index (χ1) is 17.4. The number of anilines is 2. The van der Waals surface area contributed by atoms with Crippen LogP contribution in [0.3, 0.4) is 0 Å². The number of hydrogen-bond donors (Lipinski definition) is 1. The smallest absolute Gasteiger partial charge is 0.265 e. The number of likely N-dealkylation sites (N-methyl/N-ethyl adjacent to an activating group) is 1. The van der Waals surface area contributed by atoms with E-state index in [2.05, 4.69) is 10.3 Å². The number of halogens is 1. The van der Waals surface area contributed by atoms with Crippen molar-refractivity contribution in [3.63, 3.8) is 0 Å². The van der Waals surface area contributed by atoms with E-state index >= 15 is 0 Å². The second-order valence-electron chi connectivity index (χ2n) is 8.48. The number of sulfonamides is 1. The molecule has 0 saturated heterocycles. The van der Waals surface area contributed by atoms with Crippen molar-refractivity contribution in [2.45, 2.75) is 4.90 Å². The standard InChI is InChI=1S/C27H29ClN4O3S/c1-31(2)17-18-32(36(33,34)27-9-5-6-21-20-29-15-14-24(21)27)26-8-4-3-7-25(26)30-16-19-35-23-12-10-22(28)11-13-23/h3-15,20,30H,16-19H2,1-2H3. The van der Waals surface area contributed by atoms with Gasteiger partial charge < -0.3 is 15.0 Å². The summed E-state index contributed by atoms with van der Waals surface area (Å²) in [5, 5.41) is 5.41. The molecule has 188 valence electrons. The molecular weight excluding hydrogens is 496 g/mol. The highest BCUT2D eigenvalue weighted by molar-refractivity contribution is 7.93. The van der Waals surface area contributed by atoms with Crippen molar-refractivity contribution in [3.8, 4) is 5.75 Å². The third kappa shape index (κ3) is 6.07. The van der Waals surface area contributed by atoms with Crippen LogP contribution < -0.4 is 14.4 Å². The maximum atomic E-state index is 14.1. The molecule has 0 radical (unpaired) electrons. The Bertz CT molecular complexity index is 1410. The van der Waals surface area contributed by atoms with Gasteiger partial charge in [0.2, 0.25) is 0 Å². The molecule has 7 nitrogen and oxygen atoms in total. The van der Waals surface area contributed by atoms with Crippen LogP contribution >= 0.6 is 11.6 Å². The molecule has 0 saturated carbocycles. The van der Waals surface area contributed by atoms with Crippen LogP contribution in [0.5, 0.6) is 5.75 Å². The second-order valence-corrected chi connectivity index (χ2v) is 10.7. The molecule has 0 unspecified atom stereocenters. The summed E-state index contributed by atoms with van der Waals surface area (Å²) < 4.78 is 35.4. The molecular formula is C27H29ClN4O3S. The zero-order chi connectivity index (χ0) is 25.5. The predicted octanol–water partition coefficient (Wildman–Crippen LogP) is 5.14. The van der Waals surface area contributed by atoms with Crippen LogP contribution in [0.4, 0.5) is 11.4 Å². The highest BCUT2D eigenvalue weighted by atomic mass is 35.5. The van der Waals surface area contributed by atoms with Gasteiger partial charge in [0.25, 0.3) is 10.0 Å². The van der Waals surface area contributed by atoms with E-state index in [0.717, 1.165) is 11.1 Å². The van der Waals surface area contributed by atoms with Crippen LogP contribution in [0, 0.1) is 0 Å². The maximum absolute atomic E-state index is 14.1. The zero-order valence-corrected chi connectivity index (χ0v) is 21.8. The summed E-state index contributed by atoms with van der Waals surface area (Å²) in [5.41, 5.74) is 1.29. The van der Waals surface area contributed by atoms with E-state index in [-0.39, 0.29) is 11.4 Å². The number of ether oxygens (including phenoxy) is 1. The lowest BCUT2D eigenvalue weighted by atomic mass is 10.2. The van der Waals surface area contributed by atoms with E-state index in [0.29, 0.717) is 41.5 Å². The van der Waals surface area contributed by atoms with E-state index in [1.807, 2.05) is 61.5 Å². The number of rotatable bonds is 11. The lowest BCUT2D eigenvalue weighted by molar-refractivity contribution is 0.333. The molecule has 4 rings (SSSR count). The van der Waals surface area contributed by atoms with Crippen LogP contribution in [0.1, 0.15) is 0 Å². The Balaban J connectivity index is 1.62. The number of para-hydroxylation sites is 2. The third-order valence-electron chi connectivity index (χ3n) is 5.63. The highest BCUT2D eigenvalue weighted by Crippen LogP contribution is 2.33. The van der Waals surface area contributed by atoms with Gasteiger partial charge in [-0.1, -0.05) is 35.9 Å². The van der Waals surface area contributed by atoms with E-state index in [4.69, 9.17) is 16.3 Å². The first-order valence-corrected chi connectivity index (χ1v) is 13.4. The first kappa shape index (κ1) is 25.8. The lowest BCUT2D eigenvalue weighted by Gasteiger charge is -2.28. The molecule has 36 heavy (non-hydrogen) atoms. The van der Waals surface area contributed by atoms with Crippen molar-refractivity contribution in [1.82, 2.24) is 9.88 Å². The van der Waals surface area contributed by atoms with Gasteiger partial charge in [0.1, 0.15) is 12.4 Å². The minimum Gasteiger partial charge on any atom is -0.492 e. The fraction of sp³-hybridized carbons (Fsp3) is 0.222. The fourth-order valence-corrected chi connectivity index (χ4v) is 5.64. The van der Waals surface area contributed by atoms with E-state index < -0.39 is 10.0 Å². The summed E-state index contributed by atoms with van der Waals surface area (Å²) in [4.78, 5) is 6.35. The molecule has 1 N–H and O–H groups in total. The highest BCUT2D eigenvalue weighted by Gasteiger charge is 2.28. The predicted molar refractivity (Wildman–Crippen MR) is 147 cm³/mol. The van der Waals surface area contributed by atoms with Crippen molar-refractivity contribution in [2.24, 2.45) is 0 Å². The number of nitrogens with zero attached hydrogens (tertiary/aromatic N) is 3. The van der Waals surface area contributed by atoms with E-state index in [9.17, 15) is 8.42 Å². The van der Waals surface area contributed by atoms with Gasteiger partial charge in [0, 0.05) is 47.8 Å². The summed E-state index contributed by atoms with van der Waals surface area (Å²) in [6.07, 6.45) is 3.29. The molecule has 3 aromatic carbocycles. The van der Waals surface area contributed by atoms with Crippen molar-refractivity contribution in [3.05, 3.63) is 90.2 Å². The Kier molecular flexibility index (Phi) is 8.30. The Morgan fingerprint density at radius 3 is 2.50 bits per heavy atom. The molecule has 1 aromatic heterocycles. The number of pyridine rings is 1. The molecule has 4 aromatic rings. The largest absolute Gasteiger partial charge is 0.492 e. The molecule has 0 atom stereocenters. The van der Waals surface area contributed by atoms with Crippen molar-refractivity contribution >= 4 is 43.8 Å². The average Bonchev–Trinajstić information content (AvgIpc) is 2.88. The normalized spacial score (nSPS) is 11.6. The second kappa shape index (κ2) is 11.6. The minimum atomic E-state index is -3.88. The maximum Gasteiger partial charge on any atom is 0.265 e. The van der Waals surface area contributed by atoms with Crippen LogP contribution in [-0.2, 0) is 10.0 Å². The molecule has 9 heteroatoms. The fourth-order valence-electron chi connectivity index (χ4n) is 3.82. The van der Waals surface area contributed by atoms with Crippen LogP contribution in [0.25, 0.3) is 10.8 Å². The van der Waals surface area contributed by atoms with Crippen LogP contribution in [0.15, 0.2) is 90.1 Å². The summed E-state index contributed by atoms with van der Waals surface area (Å²) >= 11 is 5.93. The monoisotopic (exact) mass is 524 g/mol. The Morgan fingerprint density at radius 1 is 0.944 bits per heavy atom. The van der Waals surface area contributed by atoms with Gasteiger partial charge in [-0.25, -0.2) is 8.42 Å². The molecule has 1 heterocycles. The molecule has 0 fully saturated rings. The number of nitrogens with one attached hydrogen (secondary N) is 1. The Morgan fingerprint density at radius 2 is 1.72 bits per heavy atom. The van der Waals surface area contributed by atoms with Crippen LogP contribution in [-0.4, -0.2) is 58.6 Å². The van der Waals surface area contributed by atoms with Gasteiger partial charge in [-0.3, -0.25) is 9.29 Å². The van der Waals surface area contributed by atoms with E-state index in [1.54, 1.807) is 42.7 Å². The third-order valence-corrected chi connectivity index (χ3v) is 7.76. The quantitative estimate of drug-likeness (QED) is 0.274. The van der Waals surface area contributed by atoms with Gasteiger partial charge in [-0.05, 0) is 62.6 Å². The Hall–Kier alpha value is -3.33. The number of hydrogen-bond acceptors (Lipinski definition) is 6. The number of fused-ring (bicyclic) bond motifs is 1. The zero-order valence-electron chi connectivity index (χ0n) is 20.3. The lowest BCUT2D eigenvalue weighted by Crippen LogP contribution is -2.37. The summed E-state index contributed by atoms with van der Waals surface area (Å²) in [6.45, 7) is 1.73. The molecule has 0 spiro atoms. The summed E-state index contributed by atoms with van der Waals surface area (Å²) in [5.74, 6) is 0.718. The average molecular weight is 525 g/mol. The van der Waals surface area contributed by atoms with Crippen LogP contribution in [0.2, 0.25) is 5.02 Å². The van der Waals surface area contributed by atoms with Gasteiger partial charge in [-0.2, -0.15) is 0 Å². The Labute approximate surface area is 217 Å². The molecule has 0 bridgehead atoms. The van der Waals surface area contributed by atoms with Gasteiger partial charge >= 0.3 is 0 Å². The van der Waals surface area contributed by atoms with Gasteiger partial charge in [0.05, 0.1) is 16.3 Å². The number of benzene rings is 3. The minimum absolute atomic E-state index is 0.252. The van der Waals surface area contributed by atoms with Gasteiger partial charge in [-0.15, -0.1) is 0 Å². The van der Waals surface area contributed by atoms with Crippen molar-refractivity contribution in [2.75, 3.05) is 50.0 Å². The summed E-state index contributed by atoms with van der Waals surface area (Å²) in [7, 11) is -0.0349. The van der Waals surface area contributed by atoms with Gasteiger partial charge in [0.15, 0.2) is 0 Å². The molecule has 0 aliphatic heterocycles. The first-order valence-electron chi connectivity index (χ1n) is 11.6. The number of aromatic nitrogens is 1. The summed E-state index contributed by atoms with van der Waals surface area (Å²) in [6, 6.07) is 21.6. The molecule has 0 aliphatic rings. The van der Waals surface area contributed by atoms with Crippen molar-refractivity contribution < 1.29 is 13.2 Å². The molecule has 0 aliphatic carbocycles.